The van der Waals surface area contributed by atoms with Crippen LogP contribution in [0.25, 0.3) is 0 Å². The molecule has 8 aliphatic heterocycles. The average molecular weight is 2210 g/mol. The molecule has 0 saturated carbocycles. The van der Waals surface area contributed by atoms with Crippen molar-refractivity contribution in [1.82, 2.24) is 0 Å². The normalized spacial score (nSPS) is 40.1. The van der Waals surface area contributed by atoms with Gasteiger partial charge >= 0.3 is 236 Å². The molecule has 137 heavy (non-hydrogen) atoms. The van der Waals surface area contributed by atoms with Gasteiger partial charge in [-0.05, 0) is 97.4 Å². The van der Waals surface area contributed by atoms with Crippen molar-refractivity contribution < 1.29 is 495 Å². The van der Waals surface area contributed by atoms with Crippen LogP contribution >= 0.6 is 94.1 Å². The Labute approximate surface area is 1020 Å². The van der Waals surface area contributed by atoms with Crippen LogP contribution < -0.4 is 277 Å². The standard InChI is InChI=1S/C73H116O48S8.8Na/c1-106-66-52(99)45(92)59(29(108-66)20-123-11-3-37(77)78)116-68-54(101)47(94)61(31(110-68)22-125-13-5-39(81)82)118-70-56(103)49(96)63(33(112-70)24-127-15-7-41(85)86)120-72-58(105)51(98)65(35(114-72)26-129-17-9-43(89)90)121-73-57(104)50(97)64(34(113-73)25-128-16-8-42(87)88)119-71-55(102)48(95)62(32(111-71)23-126-14-6-40(83)84)117-69-53(100)46(93)60(30(109-69)21-124-12-4-38(79)80)115-67-44(91)28(74)18-27(107-67)19-122-10-2-36(75)76;;;;;;;;/h27-35,44-74,91-105H,2-26H2,1H3,(H,75,76)(H,77,78)(H,79,80)(H,81,82)(H,83,84)(H,85,86)(H,87,88)(H,89,90);;;;;;;;/q;8*+1/p-8/t27-,28-,29+,30+,31+,32+,33+,34+,35+,44+,45+,46+,47+,48+,49+,50+,51+,52+,53+,54+,55+,56+,57+,58+,59+,60+,61+,62+,63+,64+,65+,66-,67+,68+,69+,70+,71+,72+,73+;;;;;;;;/m0......../s1/i19D2,20D2,21D2,22D2,23D2,24D2,25D2,26D2;;;;;;;;. The number of aliphatic carboxylic acids is 8. The number of aliphatic hydroxyl groups is 16. The van der Waals surface area contributed by atoms with Crippen molar-refractivity contribution in [3.8, 4) is 0 Å². The van der Waals surface area contributed by atoms with Gasteiger partial charge in [-0.25, -0.2) is 0 Å². The number of carboxylic acid groups (broad SMARTS) is 8. The first-order valence-electron chi connectivity index (χ1n) is 47.0. The number of ether oxygens (including phenoxy) is 16. The number of carbonyl (C=O) groups is 8. The van der Waals surface area contributed by atoms with Crippen LogP contribution in [0.5, 0.6) is 0 Å². The predicted molar refractivity (Wildman–Crippen MR) is 427 cm³/mol. The molecule has 8 heterocycles. The summed E-state index contributed by atoms with van der Waals surface area (Å²) in [6.45, 7) is 0. The summed E-state index contributed by atoms with van der Waals surface area (Å²) in [5.41, 5.74) is -25.3. The Morgan fingerprint density at radius 1 is 0.241 bits per heavy atom. The van der Waals surface area contributed by atoms with Crippen molar-refractivity contribution in [1.29, 1.82) is 0 Å². The van der Waals surface area contributed by atoms with E-state index in [4.69, 9.17) is 86.8 Å². The first-order valence-corrected chi connectivity index (χ1v) is 46.9. The summed E-state index contributed by atoms with van der Waals surface area (Å²) in [4.78, 5) is 93.0. The fraction of sp³-hybridized carbons (Fsp3) is 0.890. The Morgan fingerprint density at radius 3 is 0.547 bits per heavy atom. The fourth-order valence-corrected chi connectivity index (χ4v) is 18.7. The number of carbonyl (C=O) groups excluding carboxylic acids is 8. The van der Waals surface area contributed by atoms with Gasteiger partial charge in [-0.15, -0.1) is 0 Å². The summed E-state index contributed by atoms with van der Waals surface area (Å²) in [6.07, 6.45) is -110. The third-order valence-electron chi connectivity index (χ3n) is 19.4. The van der Waals surface area contributed by atoms with Gasteiger partial charge in [-0.1, -0.05) is 0 Å². The van der Waals surface area contributed by atoms with Gasteiger partial charge < -0.3 is 237 Å². The summed E-state index contributed by atoms with van der Waals surface area (Å²) < 4.78 is 239. The molecule has 0 bridgehead atoms. The topological polar surface area (TPSA) is 792 Å². The van der Waals surface area contributed by atoms with Crippen LogP contribution in [0.15, 0.2) is 0 Å². The van der Waals surface area contributed by atoms with E-state index in [0.717, 1.165) is 7.11 Å². The van der Waals surface area contributed by atoms with Crippen LogP contribution in [-0.4, -0.2) is 468 Å². The molecule has 0 aromatic carbocycles. The molecule has 8 saturated heterocycles. The van der Waals surface area contributed by atoms with E-state index < -0.39 is 437 Å². The molecule has 0 aliphatic carbocycles. The van der Waals surface area contributed by atoms with Crippen LogP contribution in [0.3, 0.4) is 0 Å². The maximum absolute atomic E-state index is 12.4. The van der Waals surface area contributed by atoms with Gasteiger partial charge in [0, 0.05) is 129 Å². The second-order valence-corrected chi connectivity index (χ2v) is 36.2. The molecule has 64 heteroatoms. The summed E-state index contributed by atoms with van der Waals surface area (Å²) in [5.74, 6) is -19.9. The molecule has 744 valence electrons. The SMILES string of the molecule is [2H]C([2H])(SCCC(=O)[O-])[C@@H]1C[C@H](O)[C@@H](O)[C@@H](O[C@H]2[C@H](O)[C@@H](O)[C@@H](O[C@H]3[C@H](O)[C@@H](O)[C@@H](O[C@H]4[C@H](O)[C@@H](O)[C@@H](O[C@H]5[C@H](O)[C@@H](O)[C@@H](O[C@H]6[C@H](O)[C@@H](O)[C@@H](O[C@H]7[C@H](O)[C@@H](O)[C@@H](O[C@H]8[C@H](O)[C@@H](O)[C@@H](OC)O[C@@H]8C([2H])([2H])SCCC(=O)[O-])O[C@@H]7C([2H])([2H])SCCC(=O)[O-])O[C@@H]6C([2H])([2H])SCCC(=O)[O-])O[C@@H]5C([2H])([2H])SCCC(=O)[O-])O[C@@H]4C([2H])([2H])SCCC(=O)[O-])O[C@@H]3C([2H])([2H])SCCC(=O)[O-])O[C@@H]2C([2H])([2H])SCCC(=O)[O-])O1.[Na+].[Na+].[Na+].[Na+].[Na+].[Na+].[Na+].[Na+]. The van der Waals surface area contributed by atoms with Crippen molar-refractivity contribution in [3.05, 3.63) is 0 Å². The molecule has 8 aliphatic rings. The van der Waals surface area contributed by atoms with E-state index in [1.165, 1.54) is 0 Å². The van der Waals surface area contributed by atoms with E-state index in [0.29, 0.717) is 11.8 Å². The van der Waals surface area contributed by atoms with Crippen molar-refractivity contribution >= 4 is 142 Å². The zero-order valence-corrected chi connectivity index (χ0v) is 97.6. The summed E-state index contributed by atoms with van der Waals surface area (Å²) in [6, 6.07) is 0. The van der Waals surface area contributed by atoms with Crippen LogP contribution in [0.2, 0.25) is 0 Å². The second kappa shape index (κ2) is 72.9. The van der Waals surface area contributed by atoms with Crippen LogP contribution in [0.4, 0.5) is 0 Å². The van der Waals surface area contributed by atoms with E-state index in [1.807, 2.05) is 0 Å². The van der Waals surface area contributed by atoms with Gasteiger partial charge in [0.05, 0.1) is 54.9 Å². The van der Waals surface area contributed by atoms with Gasteiger partial charge in [0.2, 0.25) is 0 Å². The molecule has 0 radical (unpaired) electrons. The molecule has 0 aromatic heterocycles. The van der Waals surface area contributed by atoms with Gasteiger partial charge in [-0.2, -0.15) is 94.1 Å². The van der Waals surface area contributed by atoms with Crippen molar-refractivity contribution in [2.75, 3.05) is 98.8 Å². The van der Waals surface area contributed by atoms with E-state index >= 15 is 0 Å². The number of methoxy groups -OCH3 is 1. The molecule has 8 rings (SSSR count). The maximum atomic E-state index is 12.4. The number of rotatable bonds is 55. The molecular weight excluding hydrogens is 2090 g/mol. The molecule has 16 N–H and O–H groups in total. The molecule has 0 amide bonds. The number of aliphatic hydroxyl groups excluding tert-OH is 16. The number of hydrogen-bond donors (Lipinski definition) is 16. The Balaban J connectivity index is 0.0000289. The smallest absolute Gasteiger partial charge is 0.550 e. The van der Waals surface area contributed by atoms with Crippen LogP contribution in [0.1, 0.15) is 79.7 Å². The quantitative estimate of drug-likeness (QED) is 0.0251. The molecule has 48 nitrogen and oxygen atoms in total. The Kier molecular flexibility index (Phi) is 61.1. The maximum Gasteiger partial charge on any atom is 1.00 e. The van der Waals surface area contributed by atoms with Gasteiger partial charge in [0.25, 0.3) is 0 Å². The monoisotopic (exact) mass is 2210 g/mol. The van der Waals surface area contributed by atoms with E-state index in [1.54, 1.807) is 0 Å². The fourth-order valence-electron chi connectivity index (χ4n) is 12.8. The minimum Gasteiger partial charge on any atom is -0.550 e. The Bertz CT molecular complexity index is 4210. The third-order valence-corrected chi connectivity index (χ3v) is 25.9. The molecule has 0 aromatic rings. The minimum atomic E-state index is -3.39. The van der Waals surface area contributed by atoms with Gasteiger partial charge in [0.15, 0.2) is 50.3 Å². The van der Waals surface area contributed by atoms with E-state index in [9.17, 15) is 172 Å². The van der Waals surface area contributed by atoms with E-state index in [-0.39, 0.29) is 319 Å². The molecule has 0 unspecified atom stereocenters. The second-order valence-electron chi connectivity index (χ2n) is 28.8. The number of thioether (sulfide) groups is 8. The van der Waals surface area contributed by atoms with Crippen molar-refractivity contribution in [2.45, 2.75) is 297 Å². The van der Waals surface area contributed by atoms with Gasteiger partial charge in [0.1, 0.15) is 134 Å². The van der Waals surface area contributed by atoms with Crippen LogP contribution in [0, 0.1) is 0 Å². The number of carboxylic acids is 8. The van der Waals surface area contributed by atoms with E-state index in [2.05, 4.69) is 0 Å². The third kappa shape index (κ3) is 44.8. The summed E-state index contributed by atoms with van der Waals surface area (Å²) in [7, 11) is 0.944. The average Bonchev–Trinajstić information content (AvgIpc) is 0.765. The van der Waals surface area contributed by atoms with Gasteiger partial charge in [-0.3, -0.25) is 0 Å². The zero-order chi connectivity index (χ0) is 109. The largest absolute Gasteiger partial charge is 1.00 e. The molecule has 39 atom stereocenters. The Hall–Kier alpha value is 5.28. The Morgan fingerprint density at radius 2 is 0.387 bits per heavy atom. The first-order chi connectivity index (χ1) is 67.1. The number of hydrogen-bond acceptors (Lipinski definition) is 56. The molecule has 0 spiro atoms. The summed E-state index contributed by atoms with van der Waals surface area (Å²) >= 11 is 0.650. The van der Waals surface area contributed by atoms with Crippen molar-refractivity contribution in [3.63, 3.8) is 0 Å². The molecular formula is C73H108Na8O48S8. The van der Waals surface area contributed by atoms with Crippen LogP contribution in [-0.2, 0) is 114 Å². The zero-order valence-electron chi connectivity index (χ0n) is 91.0. The minimum absolute atomic E-state index is 0. The molecule has 8 fully saturated rings. The summed E-state index contributed by atoms with van der Waals surface area (Å²) in [5, 5.41) is 284. The predicted octanol–water partition coefficient (Wildman–Crippen LogP) is -41.7. The van der Waals surface area contributed by atoms with Crippen molar-refractivity contribution in [2.24, 2.45) is 0 Å². The first kappa shape index (κ1) is 115.